The lowest BCUT2D eigenvalue weighted by Gasteiger charge is -2.25. The Morgan fingerprint density at radius 3 is 2.27 bits per heavy atom. The molecule has 0 fully saturated rings. The maximum absolute atomic E-state index is 13.6. The van der Waals surface area contributed by atoms with Gasteiger partial charge in [0.1, 0.15) is 6.54 Å². The van der Waals surface area contributed by atoms with Crippen LogP contribution in [0.1, 0.15) is 5.56 Å². The van der Waals surface area contributed by atoms with E-state index in [1.165, 1.54) is 44.6 Å². The van der Waals surface area contributed by atoms with Gasteiger partial charge in [0, 0.05) is 21.8 Å². The van der Waals surface area contributed by atoms with Crippen LogP contribution in [-0.2, 0) is 14.8 Å². The van der Waals surface area contributed by atoms with E-state index in [1.807, 2.05) is 0 Å². The molecule has 0 aromatic heterocycles. The summed E-state index contributed by atoms with van der Waals surface area (Å²) in [6.45, 7) is 1.28. The maximum atomic E-state index is 13.6. The summed E-state index contributed by atoms with van der Waals surface area (Å²) in [5.74, 6) is 0.0803. The standard InChI is InChI=1S/C23H22Cl2N2O5S/c1-15-19(25)5-4-6-20(15)26-23(28)14-27(17-9-7-16(24)8-10-17)33(29,30)18-11-12-21(31-2)22(13-18)32-3/h4-13H,14H2,1-3H3,(H,26,28). The number of carbonyl (C=O) groups excluding carboxylic acids is 1. The number of sulfonamides is 1. The summed E-state index contributed by atoms with van der Waals surface area (Å²) in [4.78, 5) is 12.8. The topological polar surface area (TPSA) is 84.9 Å². The summed E-state index contributed by atoms with van der Waals surface area (Å²) in [6, 6.07) is 15.5. The number of rotatable bonds is 8. The first kappa shape index (κ1) is 24.7. The molecule has 0 bridgehead atoms. The molecule has 0 aliphatic carbocycles. The van der Waals surface area contributed by atoms with Crippen molar-refractivity contribution < 1.29 is 22.7 Å². The van der Waals surface area contributed by atoms with Gasteiger partial charge in [0.05, 0.1) is 24.8 Å². The highest BCUT2D eigenvalue weighted by Crippen LogP contribution is 2.32. The molecule has 0 saturated carbocycles. The molecule has 0 aliphatic heterocycles. The molecule has 3 aromatic rings. The van der Waals surface area contributed by atoms with Gasteiger partial charge in [-0.1, -0.05) is 29.3 Å². The fourth-order valence-electron chi connectivity index (χ4n) is 3.09. The lowest BCUT2D eigenvalue weighted by atomic mass is 10.2. The number of carbonyl (C=O) groups is 1. The van der Waals surface area contributed by atoms with Crippen molar-refractivity contribution in [1.82, 2.24) is 0 Å². The normalized spacial score (nSPS) is 11.1. The van der Waals surface area contributed by atoms with Gasteiger partial charge in [-0.25, -0.2) is 8.42 Å². The quantitative estimate of drug-likeness (QED) is 0.454. The molecule has 0 spiro atoms. The lowest BCUT2D eigenvalue weighted by Crippen LogP contribution is -2.38. The molecule has 1 amide bonds. The molecule has 7 nitrogen and oxygen atoms in total. The van der Waals surface area contributed by atoms with Crippen LogP contribution in [0.25, 0.3) is 0 Å². The largest absolute Gasteiger partial charge is 0.493 e. The summed E-state index contributed by atoms with van der Waals surface area (Å²) in [5, 5.41) is 3.64. The van der Waals surface area contributed by atoms with Gasteiger partial charge >= 0.3 is 0 Å². The van der Waals surface area contributed by atoms with Crippen molar-refractivity contribution in [3.63, 3.8) is 0 Å². The Kier molecular flexibility index (Phi) is 7.73. The Morgan fingerprint density at radius 2 is 1.64 bits per heavy atom. The highest BCUT2D eigenvalue weighted by Gasteiger charge is 2.28. The Balaban J connectivity index is 2.00. The third-order valence-corrected chi connectivity index (χ3v) is 7.32. The zero-order chi connectivity index (χ0) is 24.2. The summed E-state index contributed by atoms with van der Waals surface area (Å²) in [6.07, 6.45) is 0. The molecule has 33 heavy (non-hydrogen) atoms. The van der Waals surface area contributed by atoms with Crippen molar-refractivity contribution in [2.24, 2.45) is 0 Å². The number of hydrogen-bond acceptors (Lipinski definition) is 5. The number of nitrogens with zero attached hydrogens (tertiary/aromatic N) is 1. The van der Waals surface area contributed by atoms with Crippen LogP contribution >= 0.6 is 23.2 Å². The number of hydrogen-bond donors (Lipinski definition) is 1. The minimum atomic E-state index is -4.16. The van der Waals surface area contributed by atoms with E-state index >= 15 is 0 Å². The summed E-state index contributed by atoms with van der Waals surface area (Å²) < 4.78 is 38.6. The van der Waals surface area contributed by atoms with E-state index in [9.17, 15) is 13.2 Å². The maximum Gasteiger partial charge on any atom is 0.264 e. The van der Waals surface area contributed by atoms with E-state index in [-0.39, 0.29) is 16.3 Å². The van der Waals surface area contributed by atoms with Crippen LogP contribution in [0.3, 0.4) is 0 Å². The first-order chi connectivity index (χ1) is 15.7. The highest BCUT2D eigenvalue weighted by molar-refractivity contribution is 7.92. The van der Waals surface area contributed by atoms with Crippen molar-refractivity contribution in [3.05, 3.63) is 76.3 Å². The van der Waals surface area contributed by atoms with Gasteiger partial charge in [-0.3, -0.25) is 9.10 Å². The van der Waals surface area contributed by atoms with Crippen LogP contribution < -0.4 is 19.1 Å². The van der Waals surface area contributed by atoms with Crippen molar-refractivity contribution in [3.8, 4) is 11.5 Å². The second-order valence-electron chi connectivity index (χ2n) is 6.97. The van der Waals surface area contributed by atoms with E-state index in [1.54, 1.807) is 37.3 Å². The van der Waals surface area contributed by atoms with Crippen molar-refractivity contribution in [1.29, 1.82) is 0 Å². The minimum Gasteiger partial charge on any atom is -0.493 e. The molecule has 0 aliphatic rings. The molecule has 174 valence electrons. The monoisotopic (exact) mass is 508 g/mol. The molecule has 10 heteroatoms. The Morgan fingerprint density at radius 1 is 0.970 bits per heavy atom. The number of amides is 1. The lowest BCUT2D eigenvalue weighted by molar-refractivity contribution is -0.114. The van der Waals surface area contributed by atoms with Gasteiger partial charge in [-0.05, 0) is 61.0 Å². The number of nitrogens with one attached hydrogen (secondary N) is 1. The molecule has 1 N–H and O–H groups in total. The van der Waals surface area contributed by atoms with Gasteiger partial charge < -0.3 is 14.8 Å². The molecule has 0 unspecified atom stereocenters. The number of anilines is 2. The zero-order valence-electron chi connectivity index (χ0n) is 18.1. The fraction of sp³-hybridized carbons (Fsp3) is 0.174. The van der Waals surface area contributed by atoms with Crippen LogP contribution in [0.15, 0.2) is 65.6 Å². The van der Waals surface area contributed by atoms with E-state index in [0.29, 0.717) is 27.0 Å². The number of benzene rings is 3. The number of ether oxygens (including phenoxy) is 2. The Bertz CT molecular complexity index is 1260. The van der Waals surface area contributed by atoms with Gasteiger partial charge in [-0.15, -0.1) is 0 Å². The Labute approximate surface area is 202 Å². The summed E-state index contributed by atoms with van der Waals surface area (Å²) >= 11 is 12.1. The summed E-state index contributed by atoms with van der Waals surface area (Å²) in [7, 11) is -1.30. The van der Waals surface area contributed by atoms with E-state index < -0.39 is 22.5 Å². The number of methoxy groups -OCH3 is 2. The molecule has 0 heterocycles. The average Bonchev–Trinajstić information content (AvgIpc) is 2.80. The zero-order valence-corrected chi connectivity index (χ0v) is 20.5. The average molecular weight is 509 g/mol. The smallest absolute Gasteiger partial charge is 0.264 e. The molecule has 0 saturated heterocycles. The third kappa shape index (κ3) is 5.52. The molecule has 0 radical (unpaired) electrons. The fourth-order valence-corrected chi connectivity index (χ4v) is 4.83. The first-order valence-corrected chi connectivity index (χ1v) is 11.9. The highest BCUT2D eigenvalue weighted by atomic mass is 35.5. The predicted molar refractivity (Wildman–Crippen MR) is 130 cm³/mol. The van der Waals surface area contributed by atoms with Crippen LogP contribution in [-0.4, -0.2) is 35.1 Å². The molecule has 0 atom stereocenters. The van der Waals surface area contributed by atoms with Crippen LogP contribution in [0, 0.1) is 6.92 Å². The van der Waals surface area contributed by atoms with Crippen molar-refractivity contribution in [2.75, 3.05) is 30.4 Å². The van der Waals surface area contributed by atoms with Crippen LogP contribution in [0.2, 0.25) is 10.0 Å². The second kappa shape index (κ2) is 10.3. The van der Waals surface area contributed by atoms with Gasteiger partial charge in [0.2, 0.25) is 5.91 Å². The minimum absolute atomic E-state index is 0.0677. The second-order valence-corrected chi connectivity index (χ2v) is 9.67. The molecule has 3 rings (SSSR count). The van der Waals surface area contributed by atoms with E-state index in [2.05, 4.69) is 5.32 Å². The van der Waals surface area contributed by atoms with Gasteiger partial charge in [0.25, 0.3) is 10.0 Å². The number of halogens is 2. The van der Waals surface area contributed by atoms with Crippen molar-refractivity contribution in [2.45, 2.75) is 11.8 Å². The molecular formula is C23H22Cl2N2O5S. The van der Waals surface area contributed by atoms with Crippen molar-refractivity contribution >= 4 is 50.5 Å². The van der Waals surface area contributed by atoms with Gasteiger partial charge in [-0.2, -0.15) is 0 Å². The Hall–Kier alpha value is -2.94. The predicted octanol–water partition coefficient (Wildman–Crippen LogP) is 5.15. The third-order valence-electron chi connectivity index (χ3n) is 4.89. The van der Waals surface area contributed by atoms with Crippen LogP contribution in [0.5, 0.6) is 11.5 Å². The van der Waals surface area contributed by atoms with Gasteiger partial charge in [0.15, 0.2) is 11.5 Å². The van der Waals surface area contributed by atoms with E-state index in [0.717, 1.165) is 4.31 Å². The van der Waals surface area contributed by atoms with E-state index in [4.69, 9.17) is 32.7 Å². The first-order valence-electron chi connectivity index (χ1n) is 9.72. The summed E-state index contributed by atoms with van der Waals surface area (Å²) in [5.41, 5.74) is 1.44. The molecular weight excluding hydrogens is 487 g/mol. The SMILES string of the molecule is COc1ccc(S(=O)(=O)N(CC(=O)Nc2cccc(Cl)c2C)c2ccc(Cl)cc2)cc1OC. The van der Waals surface area contributed by atoms with Crippen LogP contribution in [0.4, 0.5) is 11.4 Å². The molecule has 3 aromatic carbocycles.